The van der Waals surface area contributed by atoms with Gasteiger partial charge in [-0.3, -0.25) is 9.80 Å². The summed E-state index contributed by atoms with van der Waals surface area (Å²) in [6.45, 7) is 7.30. The summed E-state index contributed by atoms with van der Waals surface area (Å²) in [7, 11) is 1.87. The van der Waals surface area contributed by atoms with E-state index in [4.69, 9.17) is 14.8 Å². The summed E-state index contributed by atoms with van der Waals surface area (Å²) >= 11 is 0. The zero-order valence-corrected chi connectivity index (χ0v) is 21.6. The molecule has 0 spiro atoms. The highest BCUT2D eigenvalue weighted by atomic mass is 16.5. The Morgan fingerprint density at radius 2 is 1.79 bits per heavy atom. The minimum atomic E-state index is -0.400. The number of nitrogens with zero attached hydrogens (tertiary/aromatic N) is 6. The highest BCUT2D eigenvalue weighted by Crippen LogP contribution is 2.28. The second-order valence-corrected chi connectivity index (χ2v) is 8.95. The van der Waals surface area contributed by atoms with Gasteiger partial charge in [-0.25, -0.2) is 19.5 Å². The van der Waals surface area contributed by atoms with Gasteiger partial charge in [0.25, 0.3) is 0 Å². The smallest absolute Gasteiger partial charge is 0.323 e. The number of hydrogen-bond acceptors (Lipinski definition) is 8. The first-order valence-electron chi connectivity index (χ1n) is 12.5. The molecular formula is C27H30N8O3. The van der Waals surface area contributed by atoms with Crippen molar-refractivity contribution in [1.29, 1.82) is 0 Å². The summed E-state index contributed by atoms with van der Waals surface area (Å²) in [6, 6.07) is 13.8. The molecule has 0 atom stereocenters. The van der Waals surface area contributed by atoms with Gasteiger partial charge in [0, 0.05) is 55.4 Å². The minimum absolute atomic E-state index is 0.0619. The number of ether oxygens (including phenoxy) is 1. The van der Waals surface area contributed by atoms with Crippen LogP contribution in [0.5, 0.6) is 0 Å². The number of nitrogens with one attached hydrogen (secondary N) is 2. The van der Waals surface area contributed by atoms with E-state index in [1.807, 2.05) is 37.5 Å². The molecule has 1 fully saturated rings. The monoisotopic (exact) mass is 514 g/mol. The lowest BCUT2D eigenvalue weighted by Gasteiger charge is -2.36. The molecule has 4 aromatic rings. The van der Waals surface area contributed by atoms with Crippen LogP contribution in [-0.4, -0.2) is 69.4 Å². The highest BCUT2D eigenvalue weighted by Gasteiger charge is 2.22. The number of urea groups is 1. The molecule has 5 rings (SSSR count). The average molecular weight is 515 g/mol. The Kier molecular flexibility index (Phi) is 7.29. The summed E-state index contributed by atoms with van der Waals surface area (Å²) < 4.78 is 7.24. The van der Waals surface area contributed by atoms with E-state index in [0.29, 0.717) is 36.1 Å². The van der Waals surface area contributed by atoms with E-state index in [1.54, 1.807) is 28.9 Å². The van der Waals surface area contributed by atoms with Crippen molar-refractivity contribution in [2.45, 2.75) is 13.8 Å². The Labute approximate surface area is 220 Å². The van der Waals surface area contributed by atoms with Gasteiger partial charge in [-0.05, 0) is 38.1 Å². The van der Waals surface area contributed by atoms with E-state index in [2.05, 4.69) is 32.6 Å². The Morgan fingerprint density at radius 3 is 2.50 bits per heavy atom. The molecule has 1 saturated heterocycles. The third-order valence-corrected chi connectivity index (χ3v) is 6.37. The first-order valence-corrected chi connectivity index (χ1v) is 12.5. The van der Waals surface area contributed by atoms with Crippen molar-refractivity contribution in [3.05, 3.63) is 60.3 Å². The zero-order chi connectivity index (χ0) is 26.6. The molecule has 0 aliphatic carbocycles. The molecule has 0 radical (unpaired) electrons. The SMILES string of the molecule is CCN(c1ncc2c(-c3ccc(NC(=O)Nc4cccc(C(C)=O)c4)cc3)nn(C)c2n1)N1CCOCC1. The number of aryl methyl sites for hydroxylation is 1. The first kappa shape index (κ1) is 25.3. The molecule has 196 valence electrons. The van der Waals surface area contributed by atoms with Crippen LogP contribution in [0.2, 0.25) is 0 Å². The minimum Gasteiger partial charge on any atom is -0.379 e. The average Bonchev–Trinajstić information content (AvgIpc) is 3.26. The topological polar surface area (TPSA) is 118 Å². The molecule has 2 aromatic carbocycles. The Morgan fingerprint density at radius 1 is 1.05 bits per heavy atom. The van der Waals surface area contributed by atoms with Crippen molar-refractivity contribution in [1.82, 2.24) is 24.8 Å². The number of aromatic nitrogens is 4. The van der Waals surface area contributed by atoms with E-state index in [1.165, 1.54) is 6.92 Å². The summed E-state index contributed by atoms with van der Waals surface area (Å²) in [5, 5.41) is 15.4. The number of benzene rings is 2. The molecule has 11 nitrogen and oxygen atoms in total. The van der Waals surface area contributed by atoms with Crippen LogP contribution >= 0.6 is 0 Å². The second-order valence-electron chi connectivity index (χ2n) is 8.95. The number of rotatable bonds is 7. The molecule has 11 heteroatoms. The molecule has 0 unspecified atom stereocenters. The number of carbonyl (C=O) groups excluding carboxylic acids is 2. The van der Waals surface area contributed by atoms with E-state index < -0.39 is 6.03 Å². The molecule has 0 saturated carbocycles. The lowest BCUT2D eigenvalue weighted by atomic mass is 10.1. The summed E-state index contributed by atoms with van der Waals surface area (Å²) in [6.07, 6.45) is 1.82. The zero-order valence-electron chi connectivity index (χ0n) is 21.6. The summed E-state index contributed by atoms with van der Waals surface area (Å²) in [5.41, 5.74) is 4.09. The normalized spacial score (nSPS) is 13.9. The fraction of sp³-hybridized carbons (Fsp3) is 0.296. The maximum Gasteiger partial charge on any atom is 0.323 e. The number of hydrogen-bond donors (Lipinski definition) is 2. The molecular weight excluding hydrogens is 484 g/mol. The van der Waals surface area contributed by atoms with Crippen LogP contribution in [0, 0.1) is 0 Å². The van der Waals surface area contributed by atoms with Crippen molar-refractivity contribution in [2.75, 3.05) is 48.5 Å². The van der Waals surface area contributed by atoms with Gasteiger partial charge in [0.1, 0.15) is 5.69 Å². The third kappa shape index (κ3) is 5.34. The maximum atomic E-state index is 12.5. The molecule has 1 aliphatic rings. The molecule has 3 heterocycles. The van der Waals surface area contributed by atoms with Gasteiger partial charge in [0.2, 0.25) is 5.95 Å². The Bertz CT molecular complexity index is 1460. The number of amides is 2. The van der Waals surface area contributed by atoms with Gasteiger partial charge in [-0.1, -0.05) is 24.3 Å². The van der Waals surface area contributed by atoms with Crippen LogP contribution in [0.15, 0.2) is 54.7 Å². The first-order chi connectivity index (χ1) is 18.4. The predicted molar refractivity (Wildman–Crippen MR) is 146 cm³/mol. The predicted octanol–water partition coefficient (Wildman–Crippen LogP) is 3.95. The largest absolute Gasteiger partial charge is 0.379 e. The number of ketones is 1. The van der Waals surface area contributed by atoms with E-state index in [-0.39, 0.29) is 5.78 Å². The van der Waals surface area contributed by atoms with E-state index >= 15 is 0 Å². The van der Waals surface area contributed by atoms with Gasteiger partial charge >= 0.3 is 6.03 Å². The van der Waals surface area contributed by atoms with Gasteiger partial charge in [0.15, 0.2) is 11.4 Å². The van der Waals surface area contributed by atoms with Gasteiger partial charge in [-0.2, -0.15) is 10.1 Å². The van der Waals surface area contributed by atoms with Gasteiger partial charge < -0.3 is 15.4 Å². The number of morpholine rings is 1. The molecule has 2 amide bonds. The third-order valence-electron chi connectivity index (χ3n) is 6.37. The van der Waals surface area contributed by atoms with Crippen LogP contribution < -0.4 is 15.6 Å². The van der Waals surface area contributed by atoms with Gasteiger partial charge in [-0.15, -0.1) is 0 Å². The lowest BCUT2D eigenvalue weighted by molar-refractivity contribution is 0.0314. The standard InChI is InChI=1S/C27H30N8O3/c1-4-35(34-12-14-38-15-13-34)26-28-17-23-24(32-33(3)25(23)31-26)19-8-10-21(11-9-19)29-27(37)30-22-7-5-6-20(16-22)18(2)36/h5-11,16-17H,4,12-15H2,1-3H3,(H2,29,30,37). The van der Waals surface area contributed by atoms with Gasteiger partial charge in [0.05, 0.1) is 18.6 Å². The van der Waals surface area contributed by atoms with Crippen molar-refractivity contribution in [3.63, 3.8) is 0 Å². The molecule has 38 heavy (non-hydrogen) atoms. The van der Waals surface area contributed by atoms with Crippen LogP contribution in [0.3, 0.4) is 0 Å². The van der Waals surface area contributed by atoms with Crippen LogP contribution in [-0.2, 0) is 11.8 Å². The van der Waals surface area contributed by atoms with E-state index in [9.17, 15) is 9.59 Å². The molecule has 0 bridgehead atoms. The molecule has 1 aliphatic heterocycles. The summed E-state index contributed by atoms with van der Waals surface area (Å²) in [4.78, 5) is 33.5. The Hall–Kier alpha value is -4.35. The van der Waals surface area contributed by atoms with Crippen LogP contribution in [0.25, 0.3) is 22.3 Å². The second kappa shape index (κ2) is 11.0. The van der Waals surface area contributed by atoms with Crippen molar-refractivity contribution >= 4 is 40.2 Å². The summed E-state index contributed by atoms with van der Waals surface area (Å²) in [5.74, 6) is 0.573. The fourth-order valence-corrected chi connectivity index (χ4v) is 4.45. The number of hydrazine groups is 1. The van der Waals surface area contributed by atoms with E-state index in [0.717, 1.165) is 41.9 Å². The van der Waals surface area contributed by atoms with Crippen molar-refractivity contribution < 1.29 is 14.3 Å². The number of Topliss-reactive ketones (excluding diaryl/α,β-unsaturated/α-hetero) is 1. The van der Waals surface area contributed by atoms with Crippen molar-refractivity contribution in [3.8, 4) is 11.3 Å². The lowest BCUT2D eigenvalue weighted by Crippen LogP contribution is -2.49. The molecule has 2 aromatic heterocycles. The quantitative estimate of drug-likeness (QED) is 0.356. The molecule has 2 N–H and O–H groups in total. The fourth-order valence-electron chi connectivity index (χ4n) is 4.45. The Balaban J connectivity index is 1.31. The van der Waals surface area contributed by atoms with Crippen LogP contribution in [0.1, 0.15) is 24.2 Å². The highest BCUT2D eigenvalue weighted by molar-refractivity contribution is 6.01. The van der Waals surface area contributed by atoms with Crippen LogP contribution in [0.4, 0.5) is 22.1 Å². The van der Waals surface area contributed by atoms with Crippen molar-refractivity contribution in [2.24, 2.45) is 7.05 Å². The number of carbonyl (C=O) groups is 2. The number of fused-ring (bicyclic) bond motifs is 1. The maximum absolute atomic E-state index is 12.5. The number of anilines is 3.